The van der Waals surface area contributed by atoms with Crippen LogP contribution in [-0.2, 0) is 20.6 Å². The lowest BCUT2D eigenvalue weighted by Gasteiger charge is -2.39. The summed E-state index contributed by atoms with van der Waals surface area (Å²) in [6, 6.07) is 4.45. The molecule has 5 atom stereocenters. The first-order valence-electron chi connectivity index (χ1n) is 11.0. The molecule has 0 saturated carbocycles. The van der Waals surface area contributed by atoms with Crippen molar-refractivity contribution in [3.05, 3.63) is 40.8 Å². The number of hydrogen-bond donors (Lipinski definition) is 3. The summed E-state index contributed by atoms with van der Waals surface area (Å²) < 4.78 is 42.1. The van der Waals surface area contributed by atoms with Crippen LogP contribution in [0.1, 0.15) is 36.7 Å². The molecule has 1 saturated heterocycles. The number of aliphatic hydroxyl groups excluding tert-OH is 3. The molecule has 3 N–H and O–H groups in total. The maximum atomic E-state index is 14.7. The van der Waals surface area contributed by atoms with Gasteiger partial charge in [-0.1, -0.05) is 6.07 Å². The highest BCUT2D eigenvalue weighted by atomic mass is 19.1. The molecule has 12 heteroatoms. The minimum absolute atomic E-state index is 0.0578. The number of nitrogens with zero attached hydrogens (tertiary/aromatic N) is 2. The first-order chi connectivity index (χ1) is 16.6. The summed E-state index contributed by atoms with van der Waals surface area (Å²) in [5.74, 6) is -0.0324. The average molecular weight is 499 g/mol. The topological polar surface area (TPSA) is 142 Å². The summed E-state index contributed by atoms with van der Waals surface area (Å²) in [6.45, 7) is 5.17. The molecule has 1 fully saturated rings. The van der Waals surface area contributed by atoms with Crippen LogP contribution < -0.4 is 9.47 Å². The fraction of sp³-hybridized carbons (Fsp3) is 0.565. The third-order valence-corrected chi connectivity index (χ3v) is 5.78. The number of aliphatic hydroxyl groups is 3. The molecule has 1 aliphatic rings. The van der Waals surface area contributed by atoms with Crippen LogP contribution in [0.4, 0.5) is 9.18 Å². The number of rotatable bonds is 8. The molecule has 3 rings (SSSR count). The van der Waals surface area contributed by atoms with E-state index in [4.69, 9.17) is 18.9 Å². The molecule has 1 aliphatic heterocycles. The van der Waals surface area contributed by atoms with Crippen molar-refractivity contribution >= 4 is 6.16 Å². The van der Waals surface area contributed by atoms with Crippen LogP contribution in [0, 0.1) is 12.7 Å². The van der Waals surface area contributed by atoms with E-state index in [1.54, 1.807) is 23.7 Å². The van der Waals surface area contributed by atoms with Gasteiger partial charge in [-0.25, -0.2) is 9.18 Å². The number of halogens is 1. The number of carbonyl (C=O) groups is 1. The largest absolute Gasteiger partial charge is 0.508 e. The predicted octanol–water partition coefficient (Wildman–Crippen LogP) is 1.48. The summed E-state index contributed by atoms with van der Waals surface area (Å²) >= 11 is 0. The second kappa shape index (κ2) is 11.2. The van der Waals surface area contributed by atoms with Crippen LogP contribution in [0.15, 0.2) is 18.2 Å². The van der Waals surface area contributed by atoms with Crippen molar-refractivity contribution < 1.29 is 48.2 Å². The van der Waals surface area contributed by atoms with Crippen molar-refractivity contribution in [3.63, 3.8) is 0 Å². The van der Waals surface area contributed by atoms with E-state index in [1.165, 1.54) is 13.2 Å². The molecule has 0 amide bonds. The molecule has 11 nitrogen and oxygen atoms in total. The van der Waals surface area contributed by atoms with Gasteiger partial charge in [-0.2, -0.15) is 0 Å². The fourth-order valence-corrected chi connectivity index (χ4v) is 3.79. The van der Waals surface area contributed by atoms with Gasteiger partial charge in [-0.15, -0.1) is 5.10 Å². The van der Waals surface area contributed by atoms with Crippen LogP contribution in [0.3, 0.4) is 0 Å². The van der Waals surface area contributed by atoms with E-state index < -0.39 is 49.3 Å². The van der Waals surface area contributed by atoms with E-state index in [0.717, 1.165) is 7.11 Å². The lowest BCUT2D eigenvalue weighted by molar-refractivity contribution is -0.278. The van der Waals surface area contributed by atoms with Crippen molar-refractivity contribution in [2.24, 2.45) is 0 Å². The first kappa shape index (κ1) is 26.7. The number of carbonyl (C=O) groups excluding carboxylic acids is 1. The first-order valence-corrected chi connectivity index (χ1v) is 11.0. The monoisotopic (exact) mass is 498 g/mol. The molecule has 2 heterocycles. The summed E-state index contributed by atoms with van der Waals surface area (Å²) in [4.78, 5) is 11.3. The SMILES string of the molecule is COC(=O)OC[C@H]1O[C@@H](Oc2nn(C(C)C)c(C)c2Cc2ccc(OC)cc2F)[C@H](O)[C@@H](O)[C@@H]1O. The van der Waals surface area contributed by atoms with Gasteiger partial charge in [0.2, 0.25) is 12.2 Å². The minimum Gasteiger partial charge on any atom is -0.497 e. The molecule has 1 aromatic heterocycles. The second-order valence-corrected chi connectivity index (χ2v) is 8.44. The summed E-state index contributed by atoms with van der Waals surface area (Å²) in [7, 11) is 2.56. The maximum absolute atomic E-state index is 14.7. The lowest BCUT2D eigenvalue weighted by atomic mass is 9.99. The van der Waals surface area contributed by atoms with Gasteiger partial charge in [0.1, 0.15) is 42.6 Å². The molecule has 0 spiro atoms. The van der Waals surface area contributed by atoms with Crippen molar-refractivity contribution in [1.82, 2.24) is 9.78 Å². The third-order valence-electron chi connectivity index (χ3n) is 5.78. The van der Waals surface area contributed by atoms with Gasteiger partial charge in [0.25, 0.3) is 0 Å². The van der Waals surface area contributed by atoms with E-state index in [1.807, 2.05) is 13.8 Å². The van der Waals surface area contributed by atoms with E-state index in [2.05, 4.69) is 9.84 Å². The Labute approximate surface area is 201 Å². The zero-order valence-corrected chi connectivity index (χ0v) is 20.2. The highest BCUT2D eigenvalue weighted by Crippen LogP contribution is 2.31. The van der Waals surface area contributed by atoms with Crippen LogP contribution in [0.25, 0.3) is 0 Å². The Morgan fingerprint density at radius 1 is 1.20 bits per heavy atom. The van der Waals surface area contributed by atoms with Crippen molar-refractivity contribution in [2.45, 2.75) is 63.9 Å². The number of aromatic nitrogens is 2. The van der Waals surface area contributed by atoms with E-state index >= 15 is 0 Å². The lowest BCUT2D eigenvalue weighted by Crippen LogP contribution is -2.60. The highest BCUT2D eigenvalue weighted by Gasteiger charge is 2.46. The molecular formula is C23H31FN2O9. The van der Waals surface area contributed by atoms with Crippen molar-refractivity contribution in [1.29, 1.82) is 0 Å². The van der Waals surface area contributed by atoms with Crippen molar-refractivity contribution in [2.75, 3.05) is 20.8 Å². The molecule has 0 bridgehead atoms. The van der Waals surface area contributed by atoms with Gasteiger partial charge in [0, 0.05) is 29.8 Å². The Bertz CT molecular complexity index is 1030. The smallest absolute Gasteiger partial charge is 0.497 e. The molecule has 2 aromatic rings. The minimum atomic E-state index is -1.66. The van der Waals surface area contributed by atoms with Crippen LogP contribution in [0.5, 0.6) is 11.6 Å². The van der Waals surface area contributed by atoms with E-state index in [9.17, 15) is 24.5 Å². The van der Waals surface area contributed by atoms with E-state index in [0.29, 0.717) is 22.6 Å². The van der Waals surface area contributed by atoms with Crippen LogP contribution >= 0.6 is 0 Å². The fourth-order valence-electron chi connectivity index (χ4n) is 3.79. The molecule has 0 radical (unpaired) electrons. The Balaban J connectivity index is 1.89. The number of benzene rings is 1. The van der Waals surface area contributed by atoms with Crippen LogP contribution in [-0.4, -0.2) is 82.8 Å². The Morgan fingerprint density at radius 2 is 1.91 bits per heavy atom. The normalized spacial score (nSPS) is 24.3. The van der Waals surface area contributed by atoms with Gasteiger partial charge >= 0.3 is 6.16 Å². The average Bonchev–Trinajstić information content (AvgIpc) is 3.14. The maximum Gasteiger partial charge on any atom is 0.508 e. The molecule has 35 heavy (non-hydrogen) atoms. The van der Waals surface area contributed by atoms with Gasteiger partial charge < -0.3 is 39.0 Å². The molecule has 1 aromatic carbocycles. The number of methoxy groups -OCH3 is 2. The Morgan fingerprint density at radius 3 is 2.51 bits per heavy atom. The predicted molar refractivity (Wildman–Crippen MR) is 119 cm³/mol. The standard InChI is InChI=1S/C23H31FN2O9/c1-11(2)26-12(3)15(8-13-6-7-14(31-4)9-16(13)24)21(25-26)35-22-20(29)19(28)18(27)17(34-22)10-33-23(30)32-5/h6-7,9,11,17-20,22,27-29H,8,10H2,1-5H3/t17-,18-,19+,20-,22+/m1/s1. The molecular weight excluding hydrogens is 467 g/mol. The highest BCUT2D eigenvalue weighted by molar-refractivity contribution is 5.59. The number of ether oxygens (including phenoxy) is 5. The second-order valence-electron chi connectivity index (χ2n) is 8.44. The van der Waals surface area contributed by atoms with Gasteiger partial charge in [0.15, 0.2) is 0 Å². The summed E-state index contributed by atoms with van der Waals surface area (Å²) in [6.07, 6.45) is -8.43. The van der Waals surface area contributed by atoms with Gasteiger partial charge in [-0.05, 0) is 32.4 Å². The van der Waals surface area contributed by atoms with E-state index in [-0.39, 0.29) is 18.3 Å². The summed E-state index contributed by atoms with van der Waals surface area (Å²) in [5, 5.41) is 35.5. The quantitative estimate of drug-likeness (QED) is 0.458. The zero-order chi connectivity index (χ0) is 25.9. The molecule has 194 valence electrons. The van der Waals surface area contributed by atoms with Crippen LogP contribution in [0.2, 0.25) is 0 Å². The third kappa shape index (κ3) is 5.84. The van der Waals surface area contributed by atoms with Gasteiger partial charge in [0.05, 0.1) is 14.2 Å². The Hall–Kier alpha value is -2.93. The molecule has 0 unspecified atom stereocenters. The van der Waals surface area contributed by atoms with Crippen molar-refractivity contribution in [3.8, 4) is 11.6 Å². The zero-order valence-electron chi connectivity index (χ0n) is 20.2. The Kier molecular flexibility index (Phi) is 8.54. The molecule has 0 aliphatic carbocycles. The van der Waals surface area contributed by atoms with Gasteiger partial charge in [-0.3, -0.25) is 4.68 Å². The summed E-state index contributed by atoms with van der Waals surface area (Å²) in [5.41, 5.74) is 1.62. The number of hydrogen-bond acceptors (Lipinski definition) is 10.